The molecule has 2 bridgehead atoms. The van der Waals surface area contributed by atoms with Crippen LogP contribution in [-0.4, -0.2) is 118 Å². The zero-order valence-electron chi connectivity index (χ0n) is 23.9. The van der Waals surface area contributed by atoms with Gasteiger partial charge in [0, 0.05) is 36.8 Å². The van der Waals surface area contributed by atoms with Gasteiger partial charge in [0.2, 0.25) is 16.2 Å². The summed E-state index contributed by atoms with van der Waals surface area (Å²) in [5, 5.41) is 12.6. The van der Waals surface area contributed by atoms with Crippen molar-refractivity contribution >= 4 is 45.8 Å². The number of likely N-dealkylation sites (N-methyl/N-ethyl adjacent to an activating group) is 2. The van der Waals surface area contributed by atoms with Gasteiger partial charge in [-0.1, -0.05) is 51.0 Å². The molecule has 3 rings (SSSR count). The summed E-state index contributed by atoms with van der Waals surface area (Å²) in [5.41, 5.74) is -2.34. The van der Waals surface area contributed by atoms with Gasteiger partial charge in [0.15, 0.2) is 5.60 Å². The second kappa shape index (κ2) is 15.9. The van der Waals surface area contributed by atoms with E-state index in [1.807, 2.05) is 49.1 Å². The number of hydrogen-bond donors (Lipinski definition) is 1. The molecule has 1 saturated heterocycles. The lowest BCUT2D eigenvalue weighted by atomic mass is 9.96. The lowest BCUT2D eigenvalue weighted by Gasteiger charge is -2.34. The predicted molar refractivity (Wildman–Crippen MR) is 156 cm³/mol. The van der Waals surface area contributed by atoms with Crippen molar-refractivity contribution in [1.82, 2.24) is 19.8 Å². The molecule has 2 unspecified atom stereocenters. The molecule has 13 heteroatoms. The first kappa shape index (κ1) is 32.5. The number of thioether (sulfide) groups is 1. The number of hydrogen-bond acceptors (Lipinski definition) is 12. The molecule has 0 spiro atoms. The van der Waals surface area contributed by atoms with Gasteiger partial charge in [0.1, 0.15) is 0 Å². The maximum Gasteiger partial charge on any atom is 0.353 e. The number of hydroxylamine groups is 2. The van der Waals surface area contributed by atoms with Crippen molar-refractivity contribution < 1.29 is 32.7 Å². The molecule has 0 aromatic heterocycles. The fourth-order valence-electron chi connectivity index (χ4n) is 4.39. The number of rotatable bonds is 14. The highest BCUT2D eigenvalue weighted by Crippen LogP contribution is 2.35. The molecule has 1 N–H and O–H groups in total. The van der Waals surface area contributed by atoms with E-state index in [0.29, 0.717) is 31.9 Å². The van der Waals surface area contributed by atoms with Gasteiger partial charge in [-0.3, -0.25) is 14.5 Å². The Hall–Kier alpha value is -2.00. The Labute approximate surface area is 244 Å². The summed E-state index contributed by atoms with van der Waals surface area (Å²) >= 11 is -0.174. The van der Waals surface area contributed by atoms with E-state index in [1.54, 1.807) is 11.8 Å². The largest absolute Gasteiger partial charge is 0.377 e. The Morgan fingerprint density at radius 1 is 0.875 bits per heavy atom. The molecule has 1 aromatic carbocycles. The molecule has 1 fully saturated rings. The van der Waals surface area contributed by atoms with Crippen LogP contribution in [0.1, 0.15) is 40.5 Å². The summed E-state index contributed by atoms with van der Waals surface area (Å²) in [7, 11) is 0. The highest BCUT2D eigenvalue weighted by atomic mass is 32.2. The van der Waals surface area contributed by atoms with E-state index in [-0.39, 0.29) is 11.7 Å². The minimum absolute atomic E-state index is 0.257. The van der Waals surface area contributed by atoms with Crippen LogP contribution in [0.25, 0.3) is 0 Å². The van der Waals surface area contributed by atoms with E-state index in [9.17, 15) is 19.5 Å². The Morgan fingerprint density at radius 2 is 1.50 bits per heavy atom. The van der Waals surface area contributed by atoms with Gasteiger partial charge in [0.05, 0.1) is 19.4 Å². The van der Waals surface area contributed by atoms with E-state index in [2.05, 4.69) is 23.6 Å². The third-order valence-corrected chi connectivity index (χ3v) is 9.28. The van der Waals surface area contributed by atoms with Crippen molar-refractivity contribution in [2.24, 2.45) is 0 Å². The quantitative estimate of drug-likeness (QED) is 0.251. The summed E-state index contributed by atoms with van der Waals surface area (Å²) in [4.78, 5) is 52.1. The van der Waals surface area contributed by atoms with E-state index in [1.165, 1.54) is 5.06 Å². The summed E-state index contributed by atoms with van der Waals surface area (Å²) in [6.45, 7) is 14.0. The van der Waals surface area contributed by atoms with Gasteiger partial charge in [-0.05, 0) is 38.3 Å². The van der Waals surface area contributed by atoms with Gasteiger partial charge in [-0.25, -0.2) is 4.79 Å². The molecular formula is C27H42N4O7S2. The van der Waals surface area contributed by atoms with Crippen LogP contribution < -0.4 is 0 Å². The Balaban J connectivity index is 2.04. The molecule has 2 aliphatic heterocycles. The molecule has 0 amide bonds. The smallest absolute Gasteiger partial charge is 0.353 e. The summed E-state index contributed by atoms with van der Waals surface area (Å²) in [5.74, 6) is -2.02. The lowest BCUT2D eigenvalue weighted by Crippen LogP contribution is -2.51. The van der Waals surface area contributed by atoms with Gasteiger partial charge in [-0.15, -0.1) is 11.8 Å². The Bertz CT molecular complexity index is 1040. The monoisotopic (exact) mass is 598 g/mol. The van der Waals surface area contributed by atoms with E-state index < -0.39 is 47.4 Å². The highest BCUT2D eigenvalue weighted by molar-refractivity contribution is 8.08. The second-order valence-corrected chi connectivity index (χ2v) is 11.8. The van der Waals surface area contributed by atoms with Crippen molar-refractivity contribution in [2.75, 3.05) is 64.7 Å². The van der Waals surface area contributed by atoms with Gasteiger partial charge < -0.3 is 28.1 Å². The van der Waals surface area contributed by atoms with E-state index >= 15 is 0 Å². The zero-order chi connectivity index (χ0) is 29.1. The molecule has 2 atom stereocenters. The average molecular weight is 599 g/mol. The molecule has 11 nitrogen and oxygen atoms in total. The first-order valence-corrected chi connectivity index (χ1v) is 15.9. The molecule has 0 saturated carbocycles. The topological polar surface area (TPSA) is 112 Å². The molecule has 0 radical (unpaired) electrons. The molecule has 224 valence electrons. The van der Waals surface area contributed by atoms with Crippen molar-refractivity contribution in [2.45, 2.75) is 51.0 Å². The second-order valence-electron chi connectivity index (χ2n) is 9.50. The molecule has 0 aliphatic carbocycles. The Morgan fingerprint density at radius 3 is 2.15 bits per heavy atom. The van der Waals surface area contributed by atoms with Crippen molar-refractivity contribution in [3.63, 3.8) is 0 Å². The van der Waals surface area contributed by atoms with Crippen LogP contribution in [0.5, 0.6) is 0 Å². The molecular weight excluding hydrogens is 556 g/mol. The van der Waals surface area contributed by atoms with Crippen LogP contribution in [0.15, 0.2) is 35.2 Å². The number of carbonyl (C=O) groups is 3. The predicted octanol–water partition coefficient (Wildman–Crippen LogP) is 2.34. The lowest BCUT2D eigenvalue weighted by molar-refractivity contribution is -0.184. The van der Waals surface area contributed by atoms with Crippen LogP contribution in [0.3, 0.4) is 0 Å². The minimum atomic E-state index is -2.34. The highest BCUT2D eigenvalue weighted by Gasteiger charge is 2.49. The maximum atomic E-state index is 13.0. The van der Waals surface area contributed by atoms with Crippen LogP contribution in [-0.2, 0) is 27.6 Å². The number of nitrogens with zero attached hydrogens (tertiary/aromatic N) is 4. The van der Waals surface area contributed by atoms with Crippen LogP contribution in [0.2, 0.25) is 0 Å². The number of carbonyl (C=O) groups excluding carboxylic acids is 3. The van der Waals surface area contributed by atoms with Crippen molar-refractivity contribution in [3.05, 3.63) is 30.3 Å². The molecule has 2 heterocycles. The first-order valence-electron chi connectivity index (χ1n) is 13.9. The maximum absolute atomic E-state index is 13.0. The summed E-state index contributed by atoms with van der Waals surface area (Å²) < 4.78 is 11.3. The Kier molecular flexibility index (Phi) is 12.9. The zero-order valence-corrected chi connectivity index (χ0v) is 25.5. The van der Waals surface area contributed by atoms with Crippen molar-refractivity contribution in [3.8, 4) is 0 Å². The number of fused-ring (bicyclic) bond motifs is 3. The molecule has 40 heavy (non-hydrogen) atoms. The normalized spacial score (nSPS) is 23.1. The van der Waals surface area contributed by atoms with Gasteiger partial charge >= 0.3 is 17.9 Å². The summed E-state index contributed by atoms with van der Waals surface area (Å²) in [6.07, 6.45) is -1.39. The first-order chi connectivity index (χ1) is 19.2. The third kappa shape index (κ3) is 9.00. The van der Waals surface area contributed by atoms with Crippen LogP contribution in [0.4, 0.5) is 0 Å². The van der Waals surface area contributed by atoms with E-state index in [0.717, 1.165) is 31.1 Å². The standard InChI is InChI=1S/C27H42N4O7S2/c1-5-28(6-2)14-16-30(18-19-39-22-12-10-9-11-13-22)26-31(17-15-29(7-3)8-4)36-23(32)20-27(35)21-24(33)37-40(26)38-25(27)34/h9-13,35H,5-8,14-21H2,1-4H3. The number of aliphatic hydroxyl groups is 1. The SMILES string of the molecule is CCN(CC)CCN(CCSc1ccccc1)/C1=S2\OC(=O)CC(O)(CC(=O)ON1CCN(CC)CC)C(=O)O2. The minimum Gasteiger partial charge on any atom is -0.377 e. The van der Waals surface area contributed by atoms with Gasteiger partial charge in [-0.2, -0.15) is 0 Å². The van der Waals surface area contributed by atoms with Gasteiger partial charge in [0.25, 0.3) is 0 Å². The van der Waals surface area contributed by atoms with Crippen LogP contribution >= 0.6 is 22.8 Å². The fraction of sp³-hybridized carbons (Fsp3) is 0.630. The van der Waals surface area contributed by atoms with E-state index in [4.69, 9.17) is 13.2 Å². The van der Waals surface area contributed by atoms with Crippen LogP contribution in [0, 0.1) is 0 Å². The average Bonchev–Trinajstić information content (AvgIpc) is 3.01. The van der Waals surface area contributed by atoms with Crippen molar-refractivity contribution in [1.29, 1.82) is 0 Å². The number of benzene rings is 1. The third-order valence-electron chi connectivity index (χ3n) is 6.89. The molecule has 1 aromatic rings. The molecule has 2 aliphatic rings. The summed E-state index contributed by atoms with van der Waals surface area (Å²) in [6, 6.07) is 10.00. The fourth-order valence-corrected chi connectivity index (χ4v) is 6.67.